The van der Waals surface area contributed by atoms with E-state index in [1.807, 2.05) is 7.05 Å². The van der Waals surface area contributed by atoms with E-state index in [0.29, 0.717) is 6.04 Å². The van der Waals surface area contributed by atoms with Crippen LogP contribution in [0.3, 0.4) is 0 Å². The molecule has 0 aromatic carbocycles. The summed E-state index contributed by atoms with van der Waals surface area (Å²) in [5, 5.41) is 3.18. The Hall–Kier alpha value is -0.570. The maximum atomic E-state index is 12.5. The van der Waals surface area contributed by atoms with Crippen LogP contribution >= 0.6 is 0 Å². The van der Waals surface area contributed by atoms with Gasteiger partial charge in [0.25, 0.3) is 0 Å². The number of likely N-dealkylation sites (tertiary alicyclic amines) is 1. The summed E-state index contributed by atoms with van der Waals surface area (Å²) in [6.07, 6.45) is 1.34. The van der Waals surface area contributed by atoms with E-state index in [-0.39, 0.29) is 17.4 Å². The zero-order chi connectivity index (χ0) is 12.1. The Balaban J connectivity index is 2.06. The van der Waals surface area contributed by atoms with Gasteiger partial charge in [0.05, 0.1) is 6.04 Å². The fourth-order valence-corrected chi connectivity index (χ4v) is 3.11. The average molecular weight is 224 g/mol. The third-order valence-electron chi connectivity index (χ3n) is 4.20. The first-order chi connectivity index (χ1) is 7.36. The highest BCUT2D eigenvalue weighted by atomic mass is 16.2. The van der Waals surface area contributed by atoms with Crippen LogP contribution < -0.4 is 5.32 Å². The van der Waals surface area contributed by atoms with Gasteiger partial charge in [-0.05, 0) is 37.6 Å². The number of likely N-dealkylation sites (N-methyl/N-ethyl adjacent to an activating group) is 1. The lowest BCUT2D eigenvalue weighted by Gasteiger charge is -2.35. The minimum Gasteiger partial charge on any atom is -0.338 e. The second kappa shape index (κ2) is 3.73. The highest BCUT2D eigenvalue weighted by Gasteiger charge is 2.53. The summed E-state index contributed by atoms with van der Waals surface area (Å²) >= 11 is 0. The second-order valence-corrected chi connectivity index (χ2v) is 6.48. The first kappa shape index (κ1) is 11.9. The molecule has 4 atom stereocenters. The molecule has 16 heavy (non-hydrogen) atoms. The van der Waals surface area contributed by atoms with Crippen molar-refractivity contribution in [3.05, 3.63) is 0 Å². The number of amides is 1. The largest absolute Gasteiger partial charge is 0.338 e. The van der Waals surface area contributed by atoms with E-state index < -0.39 is 0 Å². The SMILES string of the molecule is CNC(C(=O)N1C[C@@H]2C[C@@H]2C1C)C(C)(C)C. The molecule has 0 bridgehead atoms. The summed E-state index contributed by atoms with van der Waals surface area (Å²) in [5.41, 5.74) is -0.0155. The molecule has 2 fully saturated rings. The summed E-state index contributed by atoms with van der Waals surface area (Å²) in [6, 6.07) is 0.392. The van der Waals surface area contributed by atoms with E-state index in [2.05, 4.69) is 37.9 Å². The van der Waals surface area contributed by atoms with Crippen LogP contribution in [0.25, 0.3) is 0 Å². The summed E-state index contributed by atoms with van der Waals surface area (Å²) in [5.74, 6) is 1.88. The Morgan fingerprint density at radius 2 is 2.06 bits per heavy atom. The van der Waals surface area contributed by atoms with Crippen LogP contribution in [0.2, 0.25) is 0 Å². The summed E-state index contributed by atoms with van der Waals surface area (Å²) in [7, 11) is 1.88. The molecule has 1 saturated heterocycles. The molecule has 0 radical (unpaired) electrons. The number of nitrogens with zero attached hydrogens (tertiary/aromatic N) is 1. The van der Waals surface area contributed by atoms with Crippen molar-refractivity contribution < 1.29 is 4.79 Å². The van der Waals surface area contributed by atoms with Gasteiger partial charge in [0.15, 0.2) is 0 Å². The summed E-state index contributed by atoms with van der Waals surface area (Å²) in [4.78, 5) is 14.6. The normalized spacial score (nSPS) is 34.8. The number of hydrogen-bond acceptors (Lipinski definition) is 2. The molecule has 1 heterocycles. The Kier molecular flexibility index (Phi) is 2.77. The fourth-order valence-electron chi connectivity index (χ4n) is 3.11. The lowest BCUT2D eigenvalue weighted by molar-refractivity contribution is -0.137. The van der Waals surface area contributed by atoms with Crippen LogP contribution in [-0.2, 0) is 4.79 Å². The molecule has 1 N–H and O–H groups in total. The lowest BCUT2D eigenvalue weighted by Crippen LogP contribution is -2.53. The van der Waals surface area contributed by atoms with Crippen molar-refractivity contribution in [2.45, 2.75) is 46.2 Å². The van der Waals surface area contributed by atoms with E-state index >= 15 is 0 Å². The van der Waals surface area contributed by atoms with Gasteiger partial charge < -0.3 is 10.2 Å². The van der Waals surface area contributed by atoms with Crippen LogP contribution in [0.4, 0.5) is 0 Å². The van der Waals surface area contributed by atoms with E-state index in [0.717, 1.165) is 18.4 Å². The van der Waals surface area contributed by atoms with Gasteiger partial charge in [-0.25, -0.2) is 0 Å². The Morgan fingerprint density at radius 1 is 1.44 bits per heavy atom. The predicted octanol–water partition coefficient (Wildman–Crippen LogP) is 1.49. The molecule has 1 aliphatic heterocycles. The maximum absolute atomic E-state index is 12.5. The quantitative estimate of drug-likeness (QED) is 0.770. The maximum Gasteiger partial charge on any atom is 0.240 e. The Morgan fingerprint density at radius 3 is 2.44 bits per heavy atom. The monoisotopic (exact) mass is 224 g/mol. The van der Waals surface area contributed by atoms with E-state index in [1.165, 1.54) is 6.42 Å². The van der Waals surface area contributed by atoms with Gasteiger partial charge in [0.1, 0.15) is 0 Å². The molecule has 3 heteroatoms. The van der Waals surface area contributed by atoms with Gasteiger partial charge in [0, 0.05) is 12.6 Å². The zero-order valence-electron chi connectivity index (χ0n) is 11.1. The third-order valence-corrected chi connectivity index (χ3v) is 4.20. The van der Waals surface area contributed by atoms with Crippen LogP contribution in [0.15, 0.2) is 0 Å². The lowest BCUT2D eigenvalue weighted by atomic mass is 9.85. The minimum absolute atomic E-state index is 0.0155. The molecule has 0 aromatic heterocycles. The topological polar surface area (TPSA) is 32.3 Å². The van der Waals surface area contributed by atoms with E-state index in [9.17, 15) is 4.79 Å². The average Bonchev–Trinajstić information content (AvgIpc) is 2.85. The molecule has 3 nitrogen and oxygen atoms in total. The molecule has 2 aliphatic rings. The molecule has 1 amide bonds. The first-order valence-corrected chi connectivity index (χ1v) is 6.34. The van der Waals surface area contributed by atoms with Crippen LogP contribution in [0.5, 0.6) is 0 Å². The van der Waals surface area contributed by atoms with Crippen molar-refractivity contribution in [1.82, 2.24) is 10.2 Å². The third kappa shape index (κ3) is 1.86. The Bertz CT molecular complexity index is 295. The molecular formula is C13H24N2O. The Labute approximate surface area is 98.6 Å². The first-order valence-electron chi connectivity index (χ1n) is 6.34. The summed E-state index contributed by atoms with van der Waals surface area (Å²) in [6.45, 7) is 9.54. The van der Waals surface area contributed by atoms with Gasteiger partial charge in [-0.1, -0.05) is 20.8 Å². The predicted molar refractivity (Wildman–Crippen MR) is 65.1 cm³/mol. The van der Waals surface area contributed by atoms with Crippen molar-refractivity contribution >= 4 is 5.91 Å². The van der Waals surface area contributed by atoms with Crippen molar-refractivity contribution in [1.29, 1.82) is 0 Å². The highest BCUT2D eigenvalue weighted by Crippen LogP contribution is 2.49. The molecule has 2 rings (SSSR count). The van der Waals surface area contributed by atoms with Gasteiger partial charge >= 0.3 is 0 Å². The van der Waals surface area contributed by atoms with Crippen molar-refractivity contribution in [2.24, 2.45) is 17.3 Å². The fraction of sp³-hybridized carbons (Fsp3) is 0.923. The number of rotatable bonds is 2. The van der Waals surface area contributed by atoms with Gasteiger partial charge in [-0.15, -0.1) is 0 Å². The zero-order valence-corrected chi connectivity index (χ0v) is 11.1. The van der Waals surface area contributed by atoms with Crippen LogP contribution in [-0.4, -0.2) is 36.5 Å². The summed E-state index contributed by atoms with van der Waals surface area (Å²) < 4.78 is 0. The number of carbonyl (C=O) groups excluding carboxylic acids is 1. The molecule has 2 unspecified atom stereocenters. The van der Waals surface area contributed by atoms with Gasteiger partial charge in [-0.3, -0.25) is 4.79 Å². The van der Waals surface area contributed by atoms with Crippen molar-refractivity contribution in [2.75, 3.05) is 13.6 Å². The number of piperidine rings is 1. The smallest absolute Gasteiger partial charge is 0.240 e. The molecule has 0 aromatic rings. The number of carbonyl (C=O) groups is 1. The number of fused-ring (bicyclic) bond motifs is 1. The van der Waals surface area contributed by atoms with E-state index in [1.54, 1.807) is 0 Å². The van der Waals surface area contributed by atoms with Crippen molar-refractivity contribution in [3.63, 3.8) is 0 Å². The minimum atomic E-state index is -0.0625. The molecule has 1 saturated carbocycles. The van der Waals surface area contributed by atoms with Crippen molar-refractivity contribution in [3.8, 4) is 0 Å². The molecule has 1 aliphatic carbocycles. The highest BCUT2D eigenvalue weighted by molar-refractivity contribution is 5.83. The standard InChI is InChI=1S/C13H24N2O/c1-8-10-6-9(10)7-15(8)12(16)11(14-5)13(2,3)4/h8-11,14H,6-7H2,1-5H3/t8?,9-,10+,11?/m0/s1. The van der Waals surface area contributed by atoms with Crippen LogP contribution in [0, 0.1) is 17.3 Å². The number of hydrogen-bond donors (Lipinski definition) is 1. The second-order valence-electron chi connectivity index (χ2n) is 6.48. The van der Waals surface area contributed by atoms with Gasteiger partial charge in [0.2, 0.25) is 5.91 Å². The van der Waals surface area contributed by atoms with E-state index in [4.69, 9.17) is 0 Å². The van der Waals surface area contributed by atoms with Gasteiger partial charge in [-0.2, -0.15) is 0 Å². The molecular weight excluding hydrogens is 200 g/mol. The molecule has 92 valence electrons. The number of nitrogens with one attached hydrogen (secondary N) is 1. The van der Waals surface area contributed by atoms with Crippen LogP contribution in [0.1, 0.15) is 34.1 Å². The molecule has 0 spiro atoms.